The predicted octanol–water partition coefficient (Wildman–Crippen LogP) is 3.43. The van der Waals surface area contributed by atoms with E-state index >= 15 is 0 Å². The van der Waals surface area contributed by atoms with Crippen molar-refractivity contribution in [3.05, 3.63) is 63.4 Å². The molecule has 1 heterocycles. The van der Waals surface area contributed by atoms with Crippen molar-refractivity contribution in [2.45, 2.75) is 0 Å². The molecule has 118 valence electrons. The lowest BCUT2D eigenvalue weighted by Gasteiger charge is -2.04. The van der Waals surface area contributed by atoms with Crippen molar-refractivity contribution in [2.75, 3.05) is 7.11 Å². The molecule has 3 aromatic rings. The summed E-state index contributed by atoms with van der Waals surface area (Å²) < 4.78 is 5.83. The monoisotopic (exact) mass is 336 g/mol. The van der Waals surface area contributed by atoms with E-state index in [2.05, 4.69) is 11.1 Å². The van der Waals surface area contributed by atoms with Gasteiger partial charge in [-0.1, -0.05) is 18.2 Å². The molecule has 1 aromatic heterocycles. The van der Waals surface area contributed by atoms with Gasteiger partial charge in [0.25, 0.3) is 5.56 Å². The number of rotatable bonds is 3. The molecule has 24 heavy (non-hydrogen) atoms. The molecule has 6 heteroatoms. The molecule has 0 fully saturated rings. The second-order valence-corrected chi connectivity index (χ2v) is 5.95. The van der Waals surface area contributed by atoms with Crippen LogP contribution >= 0.6 is 11.3 Å². The molecule has 0 aliphatic heterocycles. The number of aromatic hydroxyl groups is 1. The van der Waals surface area contributed by atoms with Crippen LogP contribution in [0.15, 0.2) is 47.3 Å². The van der Waals surface area contributed by atoms with Crippen LogP contribution in [0.3, 0.4) is 0 Å². The minimum absolute atomic E-state index is 0.0154. The summed E-state index contributed by atoms with van der Waals surface area (Å²) in [6.45, 7) is 0. The number of nitriles is 1. The fraction of sp³-hybridized carbons (Fsp3) is 0.0556. The molecular weight excluding hydrogens is 324 g/mol. The molecule has 0 amide bonds. The Kier molecular flexibility index (Phi) is 4.27. The van der Waals surface area contributed by atoms with Gasteiger partial charge in [-0.05, 0) is 35.9 Å². The summed E-state index contributed by atoms with van der Waals surface area (Å²) in [5.74, 6) is 0.322. The SMILES string of the molecule is COc1cc(/C=C(\C#N)c2nc(=O)c3ccccc3s2)ccc1O. The first-order chi connectivity index (χ1) is 11.6. The van der Waals surface area contributed by atoms with Crippen LogP contribution in [0, 0.1) is 11.3 Å². The first-order valence-electron chi connectivity index (χ1n) is 7.01. The number of ether oxygens (including phenoxy) is 1. The largest absolute Gasteiger partial charge is 0.504 e. The Hall–Kier alpha value is -3.17. The molecule has 0 spiro atoms. The molecule has 0 saturated heterocycles. The number of benzene rings is 2. The third-order valence-corrected chi connectivity index (χ3v) is 4.47. The van der Waals surface area contributed by atoms with Gasteiger partial charge < -0.3 is 9.84 Å². The van der Waals surface area contributed by atoms with Crippen LogP contribution in [-0.2, 0) is 0 Å². The lowest BCUT2D eigenvalue weighted by Crippen LogP contribution is -2.07. The van der Waals surface area contributed by atoms with Gasteiger partial charge in [0.2, 0.25) is 0 Å². The van der Waals surface area contributed by atoms with Crippen molar-refractivity contribution < 1.29 is 9.84 Å². The summed E-state index contributed by atoms with van der Waals surface area (Å²) in [5.41, 5.74) is 0.579. The Morgan fingerprint density at radius 1 is 1.33 bits per heavy atom. The molecule has 5 nitrogen and oxygen atoms in total. The summed E-state index contributed by atoms with van der Waals surface area (Å²) >= 11 is 1.28. The molecule has 0 aliphatic carbocycles. The van der Waals surface area contributed by atoms with E-state index in [4.69, 9.17) is 4.74 Å². The quantitative estimate of drug-likeness (QED) is 0.741. The number of nitrogens with zero attached hydrogens (tertiary/aromatic N) is 2. The maximum Gasteiger partial charge on any atom is 0.279 e. The average molecular weight is 336 g/mol. The third kappa shape index (κ3) is 2.98. The minimum Gasteiger partial charge on any atom is -0.504 e. The highest BCUT2D eigenvalue weighted by molar-refractivity contribution is 7.19. The molecule has 3 rings (SSSR count). The standard InChI is InChI=1S/C18H12N2O3S/c1-23-15-9-11(6-7-14(15)21)8-12(10-19)18-20-17(22)13-4-2-3-5-16(13)24-18/h2-9,21H,1H3/b12-8+. The second-order valence-electron chi connectivity index (χ2n) is 4.92. The number of aromatic nitrogens is 1. The molecule has 2 aromatic carbocycles. The first kappa shape index (κ1) is 15.7. The van der Waals surface area contributed by atoms with Gasteiger partial charge in [-0.3, -0.25) is 4.79 Å². The number of fused-ring (bicyclic) bond motifs is 1. The van der Waals surface area contributed by atoms with E-state index < -0.39 is 0 Å². The molecule has 0 aliphatic rings. The molecule has 0 unspecified atom stereocenters. The van der Waals surface area contributed by atoms with E-state index in [1.165, 1.54) is 24.5 Å². The van der Waals surface area contributed by atoms with E-state index in [-0.39, 0.29) is 16.9 Å². The topological polar surface area (TPSA) is 83.2 Å². The zero-order chi connectivity index (χ0) is 17.1. The van der Waals surface area contributed by atoms with Crippen LogP contribution in [0.4, 0.5) is 0 Å². The van der Waals surface area contributed by atoms with E-state index in [0.29, 0.717) is 21.7 Å². The van der Waals surface area contributed by atoms with Gasteiger partial charge in [0.05, 0.1) is 18.1 Å². The zero-order valence-electron chi connectivity index (χ0n) is 12.7. The number of phenols is 1. The van der Waals surface area contributed by atoms with Gasteiger partial charge in [0, 0.05) is 4.70 Å². The van der Waals surface area contributed by atoms with Crippen molar-refractivity contribution in [3.8, 4) is 17.6 Å². The van der Waals surface area contributed by atoms with Crippen molar-refractivity contribution in [1.29, 1.82) is 5.26 Å². The third-order valence-electron chi connectivity index (χ3n) is 3.39. The summed E-state index contributed by atoms with van der Waals surface area (Å²) in [6, 6.07) is 14.0. The Balaban J connectivity index is 2.12. The Morgan fingerprint density at radius 3 is 2.88 bits per heavy atom. The van der Waals surface area contributed by atoms with Crippen LogP contribution in [0.1, 0.15) is 10.6 Å². The van der Waals surface area contributed by atoms with Crippen molar-refractivity contribution in [1.82, 2.24) is 4.98 Å². The van der Waals surface area contributed by atoms with Gasteiger partial charge >= 0.3 is 0 Å². The van der Waals surface area contributed by atoms with Crippen LogP contribution in [0.2, 0.25) is 0 Å². The molecule has 0 atom stereocenters. The van der Waals surface area contributed by atoms with E-state index in [1.807, 2.05) is 12.1 Å². The molecule has 0 bridgehead atoms. The van der Waals surface area contributed by atoms with Crippen molar-refractivity contribution in [3.63, 3.8) is 0 Å². The van der Waals surface area contributed by atoms with Gasteiger partial charge in [-0.15, -0.1) is 11.3 Å². The lowest BCUT2D eigenvalue weighted by molar-refractivity contribution is 0.373. The number of methoxy groups -OCH3 is 1. The fourth-order valence-electron chi connectivity index (χ4n) is 2.22. The van der Waals surface area contributed by atoms with Crippen molar-refractivity contribution in [2.24, 2.45) is 0 Å². The van der Waals surface area contributed by atoms with E-state index in [9.17, 15) is 15.2 Å². The van der Waals surface area contributed by atoms with Gasteiger partial charge in [0.15, 0.2) is 11.5 Å². The van der Waals surface area contributed by atoms with Crippen molar-refractivity contribution >= 4 is 33.1 Å². The number of hydrogen-bond acceptors (Lipinski definition) is 6. The predicted molar refractivity (Wildman–Crippen MR) is 94.0 cm³/mol. The van der Waals surface area contributed by atoms with E-state index in [1.54, 1.807) is 30.3 Å². The van der Waals surface area contributed by atoms with Crippen LogP contribution in [0.25, 0.3) is 21.7 Å². The maximum atomic E-state index is 12.1. The van der Waals surface area contributed by atoms with E-state index in [0.717, 1.165) is 4.70 Å². The average Bonchev–Trinajstić information content (AvgIpc) is 2.61. The Bertz CT molecular complexity index is 1050. The number of phenolic OH excluding ortho intramolecular Hbond substituents is 1. The minimum atomic E-state index is -0.358. The van der Waals surface area contributed by atoms with Crippen LogP contribution in [0.5, 0.6) is 11.5 Å². The summed E-state index contributed by atoms with van der Waals surface area (Å²) in [7, 11) is 1.45. The lowest BCUT2D eigenvalue weighted by atomic mass is 10.1. The molecular formula is C18H12N2O3S. The summed E-state index contributed by atoms with van der Waals surface area (Å²) in [6.07, 6.45) is 1.61. The summed E-state index contributed by atoms with van der Waals surface area (Å²) in [4.78, 5) is 16.1. The van der Waals surface area contributed by atoms with Gasteiger partial charge in [0.1, 0.15) is 11.1 Å². The number of allylic oxidation sites excluding steroid dienone is 1. The first-order valence-corrected chi connectivity index (χ1v) is 7.83. The highest BCUT2D eigenvalue weighted by Gasteiger charge is 2.10. The smallest absolute Gasteiger partial charge is 0.279 e. The highest BCUT2D eigenvalue weighted by Crippen LogP contribution is 2.29. The number of hydrogen-bond donors (Lipinski definition) is 1. The van der Waals surface area contributed by atoms with Crippen LogP contribution in [-0.4, -0.2) is 17.2 Å². The maximum absolute atomic E-state index is 12.1. The molecule has 0 saturated carbocycles. The van der Waals surface area contributed by atoms with Gasteiger partial charge in [-0.25, -0.2) is 0 Å². The Morgan fingerprint density at radius 2 is 2.12 bits per heavy atom. The highest BCUT2D eigenvalue weighted by atomic mass is 32.1. The zero-order valence-corrected chi connectivity index (χ0v) is 13.5. The molecule has 1 N–H and O–H groups in total. The Labute approximate surface area is 141 Å². The van der Waals surface area contributed by atoms with Gasteiger partial charge in [-0.2, -0.15) is 10.2 Å². The fourth-order valence-corrected chi connectivity index (χ4v) is 3.18. The molecule has 0 radical (unpaired) electrons. The normalized spacial score (nSPS) is 11.2. The van der Waals surface area contributed by atoms with Crippen LogP contribution < -0.4 is 10.3 Å². The second kappa shape index (κ2) is 6.52. The summed E-state index contributed by atoms with van der Waals surface area (Å²) in [5, 5.41) is 20.0.